The van der Waals surface area contributed by atoms with Crippen molar-refractivity contribution in [1.82, 2.24) is 0 Å². The molecule has 0 aliphatic carbocycles. The smallest absolute Gasteiger partial charge is 0.822 e. The van der Waals surface area contributed by atoms with E-state index in [0.29, 0.717) is 0 Å². The summed E-state index contributed by atoms with van der Waals surface area (Å²) < 4.78 is 8.55. The molecule has 0 radical (unpaired) electrons. The standard InChI is InChI=1S/C12H25.Na.H3O4P.W/c1-3-5-7-9-11-12-10-8-6-4-2;;1-5(2,3)4;/h1,3-12H2,2H3;;(H3,1,2,3,4);/q-1;+1;;/p-3. The molecule has 0 unspecified atom stereocenters. The number of rotatable bonds is 9. The van der Waals surface area contributed by atoms with E-state index in [2.05, 4.69) is 13.8 Å². The molecule has 0 aromatic heterocycles. The largest absolute Gasteiger partial charge is 1.00 e. The number of hydrogen-bond donors (Lipinski definition) is 0. The Morgan fingerprint density at radius 3 is 1.37 bits per heavy atom. The molecule has 0 amide bonds. The topological polar surface area (TPSA) is 86.2 Å². The van der Waals surface area contributed by atoms with Gasteiger partial charge in [0.1, 0.15) is 0 Å². The maximum absolute atomic E-state index is 8.55. The first-order chi connectivity index (χ1) is 7.91. The van der Waals surface area contributed by atoms with E-state index in [1.54, 1.807) is 0 Å². The molecule has 19 heavy (non-hydrogen) atoms. The fourth-order valence-electron chi connectivity index (χ4n) is 1.49. The van der Waals surface area contributed by atoms with Crippen molar-refractivity contribution < 1.29 is 69.9 Å². The Morgan fingerprint density at radius 1 is 0.842 bits per heavy atom. The van der Waals surface area contributed by atoms with Crippen molar-refractivity contribution >= 4 is 7.82 Å². The summed E-state index contributed by atoms with van der Waals surface area (Å²) in [4.78, 5) is 25.6. The van der Waals surface area contributed by atoms with Crippen LogP contribution in [0.2, 0.25) is 0 Å². The van der Waals surface area contributed by atoms with Gasteiger partial charge in [-0.05, 0) is 0 Å². The van der Waals surface area contributed by atoms with E-state index >= 15 is 0 Å². The van der Waals surface area contributed by atoms with Crippen molar-refractivity contribution in [3.05, 3.63) is 6.92 Å². The van der Waals surface area contributed by atoms with Crippen molar-refractivity contribution in [3.8, 4) is 0 Å². The minimum atomic E-state index is -5.39. The molecule has 0 spiro atoms. The first-order valence-electron chi connectivity index (χ1n) is 6.44. The van der Waals surface area contributed by atoms with Crippen molar-refractivity contribution in [2.24, 2.45) is 0 Å². The Hall–Kier alpha value is 1.80. The molecule has 0 saturated carbocycles. The molecule has 0 fully saturated rings. The minimum absolute atomic E-state index is 0. The number of hydrogen-bond acceptors (Lipinski definition) is 4. The van der Waals surface area contributed by atoms with Crippen LogP contribution in [0.4, 0.5) is 0 Å². The Kier molecular flexibility index (Phi) is 33.6. The minimum Gasteiger partial charge on any atom is -0.822 e. The monoisotopic (exact) mass is 471 g/mol. The normalized spacial score (nSPS) is 9.74. The van der Waals surface area contributed by atoms with Crippen LogP contribution in [0, 0.1) is 6.92 Å². The van der Waals surface area contributed by atoms with Gasteiger partial charge in [0, 0.05) is 21.1 Å². The van der Waals surface area contributed by atoms with Gasteiger partial charge in [-0.3, -0.25) is 0 Å². The van der Waals surface area contributed by atoms with Crippen molar-refractivity contribution in [2.45, 2.75) is 71.1 Å². The fraction of sp³-hybridized carbons (Fsp3) is 0.917. The maximum atomic E-state index is 8.55. The molecule has 0 aliphatic heterocycles. The SMILES string of the molecule is O=P([O-])([O-])[O-].[CH2-]CCCCCCCCCCC.[Na+].[W]. The van der Waals surface area contributed by atoms with E-state index in [0.717, 1.165) is 6.42 Å². The van der Waals surface area contributed by atoms with Gasteiger partial charge in [-0.2, -0.15) is 14.2 Å². The van der Waals surface area contributed by atoms with Gasteiger partial charge >= 0.3 is 29.6 Å². The van der Waals surface area contributed by atoms with Crippen molar-refractivity contribution in [3.63, 3.8) is 0 Å². The Labute approximate surface area is 154 Å². The van der Waals surface area contributed by atoms with E-state index < -0.39 is 7.82 Å². The average molecular weight is 471 g/mol. The van der Waals surface area contributed by atoms with E-state index in [1.165, 1.54) is 57.8 Å². The molecule has 0 heterocycles. The average Bonchev–Trinajstić information content (AvgIpc) is 2.20. The molecule has 0 aromatic carbocycles. The quantitative estimate of drug-likeness (QED) is 0.185. The third-order valence-corrected chi connectivity index (χ3v) is 2.35. The summed E-state index contributed by atoms with van der Waals surface area (Å²) in [6.45, 7) is 6.12. The van der Waals surface area contributed by atoms with Crippen LogP contribution in [0.5, 0.6) is 0 Å². The molecule has 112 valence electrons. The van der Waals surface area contributed by atoms with E-state index in [9.17, 15) is 0 Å². The summed E-state index contributed by atoms with van der Waals surface area (Å²) in [5, 5.41) is 0. The summed E-state index contributed by atoms with van der Waals surface area (Å²) in [6.07, 6.45) is 13.9. The fourth-order valence-corrected chi connectivity index (χ4v) is 1.49. The first kappa shape index (κ1) is 28.9. The van der Waals surface area contributed by atoms with Crippen LogP contribution in [0.1, 0.15) is 71.1 Å². The van der Waals surface area contributed by atoms with Gasteiger partial charge in [-0.1, -0.05) is 64.7 Å². The number of phosphoric acid groups is 1. The molecule has 0 saturated heterocycles. The first-order valence-corrected chi connectivity index (χ1v) is 7.90. The third kappa shape index (κ3) is 53.8. The van der Waals surface area contributed by atoms with Crippen LogP contribution < -0.4 is 44.2 Å². The van der Waals surface area contributed by atoms with Crippen LogP contribution >= 0.6 is 7.82 Å². The van der Waals surface area contributed by atoms with Crippen LogP contribution in [-0.2, 0) is 25.6 Å². The Bertz CT molecular complexity index is 172. The molecule has 7 heteroatoms. The van der Waals surface area contributed by atoms with Crippen LogP contribution in [0.15, 0.2) is 0 Å². The van der Waals surface area contributed by atoms with Gasteiger partial charge in [0.2, 0.25) is 0 Å². The second kappa shape index (κ2) is 22.1. The molecule has 0 bridgehead atoms. The Balaban J connectivity index is -0.000000139. The van der Waals surface area contributed by atoms with Gasteiger partial charge in [-0.15, -0.1) is 0 Å². The molecule has 0 rings (SSSR count). The molecule has 4 nitrogen and oxygen atoms in total. The van der Waals surface area contributed by atoms with E-state index in [1.807, 2.05) is 0 Å². The van der Waals surface area contributed by atoms with E-state index in [4.69, 9.17) is 19.2 Å². The Morgan fingerprint density at radius 2 is 1.11 bits per heavy atom. The molecular weight excluding hydrogens is 446 g/mol. The summed E-state index contributed by atoms with van der Waals surface area (Å²) in [5.74, 6) is 0. The van der Waals surface area contributed by atoms with Crippen LogP contribution in [-0.4, -0.2) is 0 Å². The molecule has 0 atom stereocenters. The van der Waals surface area contributed by atoms with Gasteiger partial charge in [0.05, 0.1) is 0 Å². The van der Waals surface area contributed by atoms with Gasteiger partial charge in [0.15, 0.2) is 0 Å². The summed E-state index contributed by atoms with van der Waals surface area (Å²) >= 11 is 0. The summed E-state index contributed by atoms with van der Waals surface area (Å²) in [7, 11) is -5.39. The van der Waals surface area contributed by atoms with Crippen LogP contribution in [0.3, 0.4) is 0 Å². The number of unbranched alkanes of at least 4 members (excludes halogenated alkanes) is 9. The summed E-state index contributed by atoms with van der Waals surface area (Å²) in [5.41, 5.74) is 0. The predicted octanol–water partition coefficient (Wildman–Crippen LogP) is -1.08. The molecular formula is C12H25NaO4PW-3. The van der Waals surface area contributed by atoms with Gasteiger partial charge < -0.3 is 26.2 Å². The predicted molar refractivity (Wildman–Crippen MR) is 64.8 cm³/mol. The van der Waals surface area contributed by atoms with Crippen molar-refractivity contribution in [1.29, 1.82) is 0 Å². The maximum Gasteiger partial charge on any atom is 1.00 e. The van der Waals surface area contributed by atoms with E-state index in [-0.39, 0.29) is 50.6 Å². The molecule has 0 aliphatic rings. The molecule has 0 N–H and O–H groups in total. The third-order valence-electron chi connectivity index (χ3n) is 2.35. The van der Waals surface area contributed by atoms with Crippen molar-refractivity contribution in [2.75, 3.05) is 0 Å². The summed E-state index contributed by atoms with van der Waals surface area (Å²) in [6, 6.07) is 0. The zero-order chi connectivity index (χ0) is 13.6. The van der Waals surface area contributed by atoms with Gasteiger partial charge in [-0.25, -0.2) is 0 Å². The second-order valence-electron chi connectivity index (χ2n) is 4.13. The zero-order valence-corrected chi connectivity index (χ0v) is 18.1. The molecule has 0 aromatic rings. The van der Waals surface area contributed by atoms with Gasteiger partial charge in [0.25, 0.3) is 0 Å². The zero-order valence-electron chi connectivity index (χ0n) is 12.3. The van der Waals surface area contributed by atoms with Crippen LogP contribution in [0.25, 0.3) is 0 Å². The second-order valence-corrected chi connectivity index (χ2v) is 5.02.